The molecule has 138 valence electrons. The number of nitrogens with zero attached hydrogens (tertiary/aromatic N) is 3. The molecule has 0 radical (unpaired) electrons. The Morgan fingerprint density at radius 3 is 2.54 bits per heavy atom. The van der Waals surface area contributed by atoms with E-state index in [4.69, 9.17) is 5.26 Å². The van der Waals surface area contributed by atoms with Crippen LogP contribution in [0.1, 0.15) is 26.4 Å². The van der Waals surface area contributed by atoms with E-state index in [-0.39, 0.29) is 5.69 Å². The smallest absolute Gasteiger partial charge is 0.337 e. The molecule has 0 saturated heterocycles. The fraction of sp³-hybridized carbons (Fsp3) is 0.0500. The molecule has 1 heterocycles. The summed E-state index contributed by atoms with van der Waals surface area (Å²) in [7, 11) is 1.32. The molecule has 8 nitrogen and oxygen atoms in total. The molecule has 8 heteroatoms. The molecular formula is C20H15N5O3. The minimum Gasteiger partial charge on any atom is -0.465 e. The maximum Gasteiger partial charge on any atom is 0.337 e. The maximum atomic E-state index is 12.4. The van der Waals surface area contributed by atoms with Crippen molar-refractivity contribution in [3.8, 4) is 6.07 Å². The number of methoxy groups -OCH3 is 1. The number of hydrogen-bond acceptors (Lipinski definition) is 7. The van der Waals surface area contributed by atoms with Gasteiger partial charge in [-0.1, -0.05) is 12.1 Å². The van der Waals surface area contributed by atoms with Crippen LogP contribution in [-0.4, -0.2) is 29.0 Å². The molecule has 1 aromatic heterocycles. The van der Waals surface area contributed by atoms with Gasteiger partial charge in [-0.2, -0.15) is 5.26 Å². The minimum atomic E-state index is -0.464. The van der Waals surface area contributed by atoms with Crippen LogP contribution in [0.4, 0.5) is 17.2 Å². The van der Waals surface area contributed by atoms with Crippen molar-refractivity contribution >= 4 is 29.1 Å². The summed E-state index contributed by atoms with van der Waals surface area (Å²) in [6.45, 7) is 0. The lowest BCUT2D eigenvalue weighted by molar-refractivity contribution is 0.0600. The van der Waals surface area contributed by atoms with Crippen LogP contribution in [0.15, 0.2) is 60.9 Å². The molecular weight excluding hydrogens is 358 g/mol. The third kappa shape index (κ3) is 4.28. The Morgan fingerprint density at radius 1 is 1.07 bits per heavy atom. The number of carbonyl (C=O) groups is 2. The maximum absolute atomic E-state index is 12.4. The second kappa shape index (κ2) is 8.42. The van der Waals surface area contributed by atoms with E-state index in [1.165, 1.54) is 19.5 Å². The fourth-order valence-electron chi connectivity index (χ4n) is 2.38. The number of hydrogen-bond donors (Lipinski definition) is 2. The number of carbonyl (C=O) groups excluding carboxylic acids is 2. The number of nitrogens with one attached hydrogen (secondary N) is 2. The summed E-state index contributed by atoms with van der Waals surface area (Å²) in [5.74, 6) is -0.487. The average Bonchev–Trinajstić information content (AvgIpc) is 2.74. The van der Waals surface area contributed by atoms with E-state index < -0.39 is 11.9 Å². The number of esters is 1. The predicted octanol–water partition coefficient (Wildman–Crippen LogP) is 3.13. The van der Waals surface area contributed by atoms with Crippen molar-refractivity contribution in [1.82, 2.24) is 9.97 Å². The lowest BCUT2D eigenvalue weighted by atomic mass is 10.2. The molecule has 1 amide bonds. The van der Waals surface area contributed by atoms with Gasteiger partial charge in [0.1, 0.15) is 23.9 Å². The zero-order valence-electron chi connectivity index (χ0n) is 14.8. The number of rotatable bonds is 5. The van der Waals surface area contributed by atoms with Crippen molar-refractivity contribution in [3.05, 3.63) is 77.7 Å². The zero-order valence-corrected chi connectivity index (χ0v) is 14.8. The van der Waals surface area contributed by atoms with Gasteiger partial charge in [0.25, 0.3) is 5.91 Å². The average molecular weight is 373 g/mol. The number of nitriles is 1. The molecule has 0 fully saturated rings. The third-order valence-electron chi connectivity index (χ3n) is 3.77. The Hall–Kier alpha value is -4.25. The fourth-order valence-corrected chi connectivity index (χ4v) is 2.38. The van der Waals surface area contributed by atoms with Crippen molar-refractivity contribution in [2.24, 2.45) is 0 Å². The summed E-state index contributed by atoms with van der Waals surface area (Å²) < 4.78 is 4.66. The quantitative estimate of drug-likeness (QED) is 0.660. The number of para-hydroxylation sites is 1. The van der Waals surface area contributed by atoms with Gasteiger partial charge in [0.15, 0.2) is 0 Å². The molecule has 28 heavy (non-hydrogen) atoms. The van der Waals surface area contributed by atoms with Gasteiger partial charge in [0, 0.05) is 11.8 Å². The molecule has 0 aliphatic carbocycles. The van der Waals surface area contributed by atoms with Gasteiger partial charge >= 0.3 is 5.97 Å². The van der Waals surface area contributed by atoms with Crippen LogP contribution in [0.25, 0.3) is 0 Å². The minimum absolute atomic E-state index is 0.136. The van der Waals surface area contributed by atoms with Crippen LogP contribution in [0.3, 0.4) is 0 Å². The highest BCUT2D eigenvalue weighted by Crippen LogP contribution is 2.18. The lowest BCUT2D eigenvalue weighted by Gasteiger charge is -2.09. The summed E-state index contributed by atoms with van der Waals surface area (Å²) in [4.78, 5) is 32.0. The van der Waals surface area contributed by atoms with Crippen molar-refractivity contribution < 1.29 is 14.3 Å². The standard InChI is InChI=1S/C20H15N5O3/c1-28-20(27)13-6-8-15(9-7-13)24-18-10-17(22-12-23-18)19(26)25-16-5-3-2-4-14(16)11-21/h2-10,12H,1H3,(H,25,26)(H,22,23,24). The van der Waals surface area contributed by atoms with Gasteiger partial charge in [0.05, 0.1) is 23.9 Å². The van der Waals surface area contributed by atoms with Crippen molar-refractivity contribution in [2.45, 2.75) is 0 Å². The highest BCUT2D eigenvalue weighted by atomic mass is 16.5. The van der Waals surface area contributed by atoms with E-state index in [0.29, 0.717) is 28.3 Å². The molecule has 0 aliphatic heterocycles. The van der Waals surface area contributed by atoms with Crippen LogP contribution < -0.4 is 10.6 Å². The van der Waals surface area contributed by atoms with E-state index in [2.05, 4.69) is 25.3 Å². The lowest BCUT2D eigenvalue weighted by Crippen LogP contribution is -2.15. The Bertz CT molecular complexity index is 1060. The van der Waals surface area contributed by atoms with Gasteiger partial charge < -0.3 is 15.4 Å². The topological polar surface area (TPSA) is 117 Å². The normalized spacial score (nSPS) is 9.86. The molecule has 0 atom stereocenters. The molecule has 0 unspecified atom stereocenters. The van der Waals surface area contributed by atoms with Crippen LogP contribution in [0.5, 0.6) is 0 Å². The van der Waals surface area contributed by atoms with E-state index >= 15 is 0 Å². The number of aromatic nitrogens is 2. The molecule has 2 N–H and O–H groups in total. The van der Waals surface area contributed by atoms with Crippen LogP contribution in [0, 0.1) is 11.3 Å². The first-order valence-corrected chi connectivity index (χ1v) is 8.18. The summed E-state index contributed by atoms with van der Waals surface area (Å²) in [5, 5.41) is 14.8. The Kier molecular flexibility index (Phi) is 5.58. The molecule has 2 aromatic carbocycles. The van der Waals surface area contributed by atoms with Crippen LogP contribution >= 0.6 is 0 Å². The largest absolute Gasteiger partial charge is 0.465 e. The van der Waals surface area contributed by atoms with E-state index in [0.717, 1.165) is 0 Å². The Morgan fingerprint density at radius 2 is 1.82 bits per heavy atom. The molecule has 3 aromatic rings. The Labute approximate surface area is 160 Å². The summed E-state index contributed by atoms with van der Waals surface area (Å²) >= 11 is 0. The van der Waals surface area contributed by atoms with Gasteiger partial charge in [-0.25, -0.2) is 14.8 Å². The number of amides is 1. The van der Waals surface area contributed by atoms with Gasteiger partial charge in [-0.3, -0.25) is 4.79 Å². The molecule has 3 rings (SSSR count). The number of ether oxygens (including phenoxy) is 1. The summed E-state index contributed by atoms with van der Waals surface area (Å²) in [6, 6.07) is 16.8. The molecule has 0 saturated carbocycles. The second-order valence-electron chi connectivity index (χ2n) is 5.59. The van der Waals surface area contributed by atoms with Crippen LogP contribution in [0.2, 0.25) is 0 Å². The first-order chi connectivity index (χ1) is 13.6. The van der Waals surface area contributed by atoms with E-state index in [1.54, 1.807) is 48.5 Å². The predicted molar refractivity (Wildman–Crippen MR) is 102 cm³/mol. The Balaban J connectivity index is 1.74. The molecule has 0 aliphatic rings. The van der Waals surface area contributed by atoms with Gasteiger partial charge in [-0.05, 0) is 36.4 Å². The summed E-state index contributed by atoms with van der Waals surface area (Å²) in [6.07, 6.45) is 1.26. The van der Waals surface area contributed by atoms with Gasteiger partial charge in [0.2, 0.25) is 0 Å². The number of benzene rings is 2. The first kappa shape index (κ1) is 18.5. The SMILES string of the molecule is COC(=O)c1ccc(Nc2cc(C(=O)Nc3ccccc3C#N)ncn2)cc1. The molecule has 0 bridgehead atoms. The highest BCUT2D eigenvalue weighted by molar-refractivity contribution is 6.04. The zero-order chi connectivity index (χ0) is 19.9. The van der Waals surface area contributed by atoms with Gasteiger partial charge in [-0.15, -0.1) is 0 Å². The molecule has 0 spiro atoms. The second-order valence-corrected chi connectivity index (χ2v) is 5.59. The first-order valence-electron chi connectivity index (χ1n) is 8.18. The van der Waals surface area contributed by atoms with Crippen LogP contribution in [-0.2, 0) is 4.74 Å². The van der Waals surface area contributed by atoms with Crippen molar-refractivity contribution in [1.29, 1.82) is 5.26 Å². The highest BCUT2D eigenvalue weighted by Gasteiger charge is 2.12. The van der Waals surface area contributed by atoms with E-state index in [1.807, 2.05) is 6.07 Å². The monoisotopic (exact) mass is 373 g/mol. The van der Waals surface area contributed by atoms with Crippen molar-refractivity contribution in [3.63, 3.8) is 0 Å². The summed E-state index contributed by atoms with van der Waals surface area (Å²) in [5.41, 5.74) is 1.99. The van der Waals surface area contributed by atoms with Crippen molar-refractivity contribution in [2.75, 3.05) is 17.7 Å². The third-order valence-corrected chi connectivity index (χ3v) is 3.77. The van der Waals surface area contributed by atoms with E-state index in [9.17, 15) is 9.59 Å². The number of anilines is 3.